The number of hydrogen-bond acceptors (Lipinski definition) is 9. The molecule has 2 saturated heterocycles. The van der Waals surface area contributed by atoms with Gasteiger partial charge >= 0.3 is 13.9 Å². The van der Waals surface area contributed by atoms with E-state index in [9.17, 15) is 19.1 Å². The summed E-state index contributed by atoms with van der Waals surface area (Å²) >= 11 is 0. The molecule has 2 aliphatic heterocycles. The van der Waals surface area contributed by atoms with E-state index in [0.717, 1.165) is 5.56 Å². The van der Waals surface area contributed by atoms with E-state index in [1.807, 2.05) is 30.3 Å². The van der Waals surface area contributed by atoms with Crippen molar-refractivity contribution < 1.29 is 37.9 Å². The van der Waals surface area contributed by atoms with Crippen molar-refractivity contribution in [3.63, 3.8) is 0 Å². The minimum Gasteiger partial charge on any atom is -0.347 e. The molecule has 2 aliphatic rings. The van der Waals surface area contributed by atoms with Crippen molar-refractivity contribution in [1.82, 2.24) is 24.8 Å². The lowest BCUT2D eigenvalue weighted by atomic mass is 10.1. The van der Waals surface area contributed by atoms with Gasteiger partial charge in [0.2, 0.25) is 0 Å². The number of rotatable bonds is 8. The minimum atomic E-state index is -4.73. The minimum absolute atomic E-state index is 0.214. The first-order valence-electron chi connectivity index (χ1n) is 11.2. The van der Waals surface area contributed by atoms with Crippen molar-refractivity contribution in [2.24, 2.45) is 0 Å². The lowest BCUT2D eigenvalue weighted by Gasteiger charge is -2.21. The van der Waals surface area contributed by atoms with Gasteiger partial charge in [0.05, 0.1) is 12.9 Å². The van der Waals surface area contributed by atoms with Crippen LogP contribution in [-0.2, 0) is 29.7 Å². The van der Waals surface area contributed by atoms with Gasteiger partial charge in [0.25, 0.3) is 0 Å². The van der Waals surface area contributed by atoms with Gasteiger partial charge < -0.3 is 29.3 Å². The number of nitrogens with zero attached hydrogens (tertiary/aromatic N) is 4. The highest BCUT2D eigenvalue weighted by molar-refractivity contribution is 7.46. The monoisotopic (exact) mass is 520 g/mol. The number of imidazole rings is 1. The molecule has 2 aromatic heterocycles. The summed E-state index contributed by atoms with van der Waals surface area (Å²) in [5.74, 6) is 0.214. The van der Waals surface area contributed by atoms with E-state index < -0.39 is 51.3 Å². The molecule has 5 rings (SSSR count). The number of fused-ring (bicyclic) bond motifs is 2. The van der Waals surface area contributed by atoms with Crippen LogP contribution in [0.25, 0.3) is 11.2 Å². The molecule has 14 nitrogen and oxygen atoms in total. The van der Waals surface area contributed by atoms with E-state index >= 15 is 0 Å². The second-order valence-electron chi connectivity index (χ2n) is 8.20. The Bertz CT molecular complexity index is 1270. The number of phosphoric acid groups is 1. The van der Waals surface area contributed by atoms with Gasteiger partial charge in [-0.3, -0.25) is 14.4 Å². The summed E-state index contributed by atoms with van der Waals surface area (Å²) in [7, 11) is -4.73. The fourth-order valence-electron chi connectivity index (χ4n) is 4.27. The fourth-order valence-corrected chi connectivity index (χ4v) is 4.61. The summed E-state index contributed by atoms with van der Waals surface area (Å²) in [6.07, 6.45) is -0.305. The number of anilines is 1. The average Bonchev–Trinajstić information content (AvgIpc) is 3.52. The molecule has 2 fully saturated rings. The smallest absolute Gasteiger partial charge is 0.347 e. The third-order valence-corrected chi connectivity index (χ3v) is 6.24. The third kappa shape index (κ3) is 5.25. The Labute approximate surface area is 205 Å². The number of urea groups is 1. The Hall–Kier alpha value is -2.97. The molecule has 0 spiro atoms. The molecule has 4 heterocycles. The zero-order chi connectivity index (χ0) is 25.3. The molecular weight excluding hydrogens is 495 g/mol. The molecule has 0 aliphatic carbocycles. The van der Waals surface area contributed by atoms with Crippen LogP contribution in [0, 0.1) is 0 Å². The van der Waals surface area contributed by atoms with Crippen LogP contribution in [0.15, 0.2) is 43.0 Å². The number of aromatic nitrogens is 4. The Balaban J connectivity index is 1.41. The highest BCUT2D eigenvalue weighted by Crippen LogP contribution is 2.43. The van der Waals surface area contributed by atoms with Crippen LogP contribution in [-0.4, -0.2) is 73.1 Å². The molecule has 15 heteroatoms. The van der Waals surface area contributed by atoms with Crippen LogP contribution in [0.1, 0.15) is 18.7 Å². The normalized spacial score (nSPS) is 25.7. The first-order chi connectivity index (χ1) is 17.3. The van der Waals surface area contributed by atoms with E-state index in [0.29, 0.717) is 24.1 Å². The molecule has 3 aromatic rings. The van der Waals surface area contributed by atoms with Crippen LogP contribution in [0.4, 0.5) is 10.6 Å². The standard InChI is InChI=1S/C21H25N6O8P/c1-2-22-21(28)26-18-15-19(24-10-23-18)27(11-25-15)20-17-16(13(33-20)9-32-36(29,30)31)34-14(35-17)8-12-6-4-3-5-7-12/h3-7,10-11,13-14,16-17,20H,2,8-9H2,1H3,(H2,29,30,31)(H2,22,23,24,26,28)/t13-,14?,16?,17?,20?/m1/s1. The van der Waals surface area contributed by atoms with Crippen LogP contribution in [0.3, 0.4) is 0 Å². The number of amides is 2. The largest absolute Gasteiger partial charge is 0.469 e. The van der Waals surface area contributed by atoms with E-state index in [4.69, 9.17) is 18.7 Å². The van der Waals surface area contributed by atoms with Crippen molar-refractivity contribution in [3.8, 4) is 0 Å². The highest BCUT2D eigenvalue weighted by atomic mass is 31.2. The van der Waals surface area contributed by atoms with Crippen molar-refractivity contribution in [2.75, 3.05) is 18.5 Å². The summed E-state index contributed by atoms with van der Waals surface area (Å²) in [4.78, 5) is 43.1. The van der Waals surface area contributed by atoms with Gasteiger partial charge in [0, 0.05) is 13.0 Å². The van der Waals surface area contributed by atoms with Gasteiger partial charge in [-0.15, -0.1) is 0 Å². The number of carbonyl (C=O) groups is 1. The number of carbonyl (C=O) groups excluding carboxylic acids is 1. The van der Waals surface area contributed by atoms with E-state index in [2.05, 4.69) is 25.6 Å². The van der Waals surface area contributed by atoms with Gasteiger partial charge in [0.15, 0.2) is 29.5 Å². The topological polar surface area (TPSA) is 179 Å². The van der Waals surface area contributed by atoms with Crippen molar-refractivity contribution in [3.05, 3.63) is 48.5 Å². The first-order valence-corrected chi connectivity index (χ1v) is 12.8. The Kier molecular flexibility index (Phi) is 6.99. The lowest BCUT2D eigenvalue weighted by molar-refractivity contribution is -0.149. The quantitative estimate of drug-likeness (QED) is 0.315. The van der Waals surface area contributed by atoms with Crippen molar-refractivity contribution >= 4 is 30.8 Å². The maximum Gasteiger partial charge on any atom is 0.469 e. The summed E-state index contributed by atoms with van der Waals surface area (Å²) < 4.78 is 36.0. The van der Waals surface area contributed by atoms with E-state index in [-0.39, 0.29) is 5.82 Å². The number of benzene rings is 1. The van der Waals surface area contributed by atoms with E-state index in [1.54, 1.807) is 11.5 Å². The SMILES string of the molecule is CCNC(=O)Nc1ncnc2c1ncn2C1O[C@H](COP(=O)(O)O)C2OC(Cc3ccccc3)OC21. The maximum absolute atomic E-state index is 12.0. The van der Waals surface area contributed by atoms with Gasteiger partial charge in [-0.05, 0) is 12.5 Å². The predicted octanol–water partition coefficient (Wildman–Crippen LogP) is 1.33. The zero-order valence-corrected chi connectivity index (χ0v) is 20.0. The van der Waals surface area contributed by atoms with Crippen LogP contribution < -0.4 is 10.6 Å². The Morgan fingerprint density at radius 2 is 1.92 bits per heavy atom. The molecule has 5 atom stereocenters. The number of ether oxygens (including phenoxy) is 3. The van der Waals surface area contributed by atoms with Crippen molar-refractivity contribution in [2.45, 2.75) is 44.2 Å². The lowest BCUT2D eigenvalue weighted by Crippen LogP contribution is -2.31. The molecular formula is C21H25N6O8P. The molecule has 0 radical (unpaired) electrons. The second kappa shape index (κ2) is 10.2. The Morgan fingerprint density at radius 3 is 2.67 bits per heavy atom. The molecule has 0 bridgehead atoms. The van der Waals surface area contributed by atoms with Crippen LogP contribution in [0.2, 0.25) is 0 Å². The van der Waals surface area contributed by atoms with Gasteiger partial charge in [-0.2, -0.15) is 0 Å². The van der Waals surface area contributed by atoms with Crippen LogP contribution >= 0.6 is 7.82 Å². The molecule has 2 amide bonds. The molecule has 4 unspecified atom stereocenters. The van der Waals surface area contributed by atoms with Crippen molar-refractivity contribution in [1.29, 1.82) is 0 Å². The van der Waals surface area contributed by atoms with E-state index in [1.165, 1.54) is 12.7 Å². The number of phosphoric ester groups is 1. The fraction of sp³-hybridized carbons (Fsp3) is 0.429. The first kappa shape index (κ1) is 24.7. The van der Waals surface area contributed by atoms with Gasteiger partial charge in [0.1, 0.15) is 24.6 Å². The summed E-state index contributed by atoms with van der Waals surface area (Å²) in [6.45, 7) is 1.82. The molecule has 0 saturated carbocycles. The number of hydrogen-bond donors (Lipinski definition) is 4. The summed E-state index contributed by atoms with van der Waals surface area (Å²) in [5.41, 5.74) is 1.70. The maximum atomic E-state index is 12.0. The van der Waals surface area contributed by atoms with Gasteiger partial charge in [-0.1, -0.05) is 30.3 Å². The number of nitrogens with one attached hydrogen (secondary N) is 2. The third-order valence-electron chi connectivity index (χ3n) is 5.76. The molecule has 36 heavy (non-hydrogen) atoms. The molecule has 192 valence electrons. The average molecular weight is 520 g/mol. The highest BCUT2D eigenvalue weighted by Gasteiger charge is 2.54. The molecule has 4 N–H and O–H groups in total. The zero-order valence-electron chi connectivity index (χ0n) is 19.1. The summed E-state index contributed by atoms with van der Waals surface area (Å²) in [5, 5.41) is 5.26. The second-order valence-corrected chi connectivity index (χ2v) is 9.44. The molecule has 1 aromatic carbocycles. The Morgan fingerprint density at radius 1 is 1.14 bits per heavy atom. The van der Waals surface area contributed by atoms with Gasteiger partial charge in [-0.25, -0.2) is 24.3 Å². The summed E-state index contributed by atoms with van der Waals surface area (Å²) in [6, 6.07) is 9.21. The predicted molar refractivity (Wildman–Crippen MR) is 124 cm³/mol. The van der Waals surface area contributed by atoms with Crippen LogP contribution in [0.5, 0.6) is 0 Å².